The molecular formula is C12H17N3OS. The van der Waals surface area contributed by atoms with Gasteiger partial charge in [0.2, 0.25) is 0 Å². The van der Waals surface area contributed by atoms with E-state index in [4.69, 9.17) is 18.0 Å². The molecule has 0 aromatic carbocycles. The first-order valence-corrected chi connectivity index (χ1v) is 6.28. The van der Waals surface area contributed by atoms with Crippen molar-refractivity contribution in [3.05, 3.63) is 24.0 Å². The van der Waals surface area contributed by atoms with E-state index < -0.39 is 0 Å². The highest BCUT2D eigenvalue weighted by molar-refractivity contribution is 7.80. The first kappa shape index (κ1) is 12.3. The fraction of sp³-hybridized carbons (Fsp3) is 0.500. The van der Waals surface area contributed by atoms with Gasteiger partial charge >= 0.3 is 0 Å². The Balaban J connectivity index is 2.14. The van der Waals surface area contributed by atoms with Crippen molar-refractivity contribution in [3.8, 4) is 0 Å². The Hall–Kier alpha value is -1.20. The van der Waals surface area contributed by atoms with Gasteiger partial charge in [0.05, 0.1) is 17.8 Å². The van der Waals surface area contributed by atoms with Crippen LogP contribution in [-0.4, -0.2) is 27.2 Å². The highest BCUT2D eigenvalue weighted by atomic mass is 32.1. The maximum absolute atomic E-state index is 9.91. The third kappa shape index (κ3) is 2.92. The third-order valence-electron chi connectivity index (χ3n) is 3.11. The average molecular weight is 251 g/mol. The molecule has 92 valence electrons. The average Bonchev–Trinajstić information content (AvgIpc) is 2.32. The van der Waals surface area contributed by atoms with E-state index in [1.165, 1.54) is 0 Å². The van der Waals surface area contributed by atoms with E-state index >= 15 is 0 Å². The van der Waals surface area contributed by atoms with Crippen LogP contribution < -0.4 is 11.1 Å². The van der Waals surface area contributed by atoms with E-state index in [1.54, 1.807) is 6.20 Å². The zero-order valence-electron chi connectivity index (χ0n) is 9.60. The minimum atomic E-state index is -0.303. The number of thiocarbonyl (C=S) groups is 1. The van der Waals surface area contributed by atoms with Crippen LogP contribution in [0.4, 0.5) is 5.69 Å². The van der Waals surface area contributed by atoms with Crippen LogP contribution in [0.2, 0.25) is 0 Å². The third-order valence-corrected chi connectivity index (χ3v) is 3.30. The van der Waals surface area contributed by atoms with Crippen molar-refractivity contribution in [1.82, 2.24) is 4.98 Å². The molecule has 2 atom stereocenters. The van der Waals surface area contributed by atoms with Crippen LogP contribution in [-0.2, 0) is 0 Å². The number of aromatic nitrogens is 1. The molecule has 5 heteroatoms. The number of rotatable bonds is 3. The molecule has 2 rings (SSSR count). The molecule has 1 aromatic heterocycles. The summed E-state index contributed by atoms with van der Waals surface area (Å²) in [6.07, 6.45) is 5.40. The number of aliphatic hydroxyl groups is 1. The van der Waals surface area contributed by atoms with Crippen LogP contribution >= 0.6 is 12.2 Å². The first-order chi connectivity index (χ1) is 8.18. The maximum Gasteiger partial charge on any atom is 0.124 e. The van der Waals surface area contributed by atoms with E-state index in [9.17, 15) is 5.11 Å². The van der Waals surface area contributed by atoms with Gasteiger partial charge in [0, 0.05) is 6.20 Å². The molecular weight excluding hydrogens is 234 g/mol. The minimum absolute atomic E-state index is 0.0704. The Morgan fingerprint density at radius 2 is 2.24 bits per heavy atom. The second kappa shape index (κ2) is 5.42. The van der Waals surface area contributed by atoms with Crippen LogP contribution in [0.1, 0.15) is 31.4 Å². The number of nitrogens with two attached hydrogens (primary N) is 1. The van der Waals surface area contributed by atoms with Gasteiger partial charge in [-0.1, -0.05) is 25.1 Å². The van der Waals surface area contributed by atoms with Gasteiger partial charge in [-0.3, -0.25) is 4.98 Å². The number of hydrogen-bond donors (Lipinski definition) is 3. The van der Waals surface area contributed by atoms with Crippen LogP contribution in [0.5, 0.6) is 0 Å². The van der Waals surface area contributed by atoms with Crippen molar-refractivity contribution in [2.24, 2.45) is 5.73 Å². The standard InChI is InChI=1S/C12H17N3OS/c13-12(17)11-9(5-3-7-14-11)15-8-4-1-2-6-10(8)16/h3,5,7-8,10,15-16H,1-2,4,6H2,(H2,13,17). The Morgan fingerprint density at radius 3 is 2.94 bits per heavy atom. The number of nitrogens with zero attached hydrogens (tertiary/aromatic N) is 1. The number of aliphatic hydroxyl groups excluding tert-OH is 1. The Kier molecular flexibility index (Phi) is 3.91. The molecule has 0 saturated heterocycles. The molecule has 4 nitrogen and oxygen atoms in total. The van der Waals surface area contributed by atoms with Crippen molar-refractivity contribution in [3.63, 3.8) is 0 Å². The smallest absolute Gasteiger partial charge is 0.124 e. The lowest BCUT2D eigenvalue weighted by molar-refractivity contribution is 0.116. The molecule has 2 unspecified atom stereocenters. The molecule has 1 saturated carbocycles. The molecule has 1 heterocycles. The highest BCUT2D eigenvalue weighted by Gasteiger charge is 2.23. The normalized spacial score (nSPS) is 24.3. The Morgan fingerprint density at radius 1 is 1.47 bits per heavy atom. The summed E-state index contributed by atoms with van der Waals surface area (Å²) in [5.74, 6) is 0. The second-order valence-corrected chi connectivity index (χ2v) is 4.81. The molecule has 0 bridgehead atoms. The zero-order chi connectivity index (χ0) is 12.3. The van der Waals surface area contributed by atoms with Crippen molar-refractivity contribution in [2.75, 3.05) is 5.32 Å². The van der Waals surface area contributed by atoms with Crippen molar-refractivity contribution in [1.29, 1.82) is 0 Å². The van der Waals surface area contributed by atoms with Crippen LogP contribution in [0.3, 0.4) is 0 Å². The van der Waals surface area contributed by atoms with E-state index in [0.717, 1.165) is 31.4 Å². The Bertz CT molecular complexity index is 410. The van der Waals surface area contributed by atoms with Gasteiger partial charge in [-0.25, -0.2) is 0 Å². The lowest BCUT2D eigenvalue weighted by atomic mass is 9.92. The molecule has 0 aliphatic heterocycles. The maximum atomic E-state index is 9.91. The topological polar surface area (TPSA) is 71.2 Å². The van der Waals surface area contributed by atoms with Gasteiger partial charge in [0.1, 0.15) is 10.7 Å². The van der Waals surface area contributed by atoms with Crippen LogP contribution in [0.25, 0.3) is 0 Å². The van der Waals surface area contributed by atoms with Crippen molar-refractivity contribution < 1.29 is 5.11 Å². The molecule has 1 fully saturated rings. The number of pyridine rings is 1. The van der Waals surface area contributed by atoms with Gasteiger partial charge in [0.25, 0.3) is 0 Å². The quantitative estimate of drug-likeness (QED) is 0.709. The zero-order valence-corrected chi connectivity index (χ0v) is 10.4. The second-order valence-electron chi connectivity index (χ2n) is 4.37. The van der Waals surface area contributed by atoms with Crippen LogP contribution in [0, 0.1) is 0 Å². The van der Waals surface area contributed by atoms with E-state index in [2.05, 4.69) is 10.3 Å². The largest absolute Gasteiger partial charge is 0.391 e. The molecule has 1 aromatic rings. The number of anilines is 1. The fourth-order valence-corrected chi connectivity index (χ4v) is 2.36. The van der Waals surface area contributed by atoms with Gasteiger partial charge in [-0.15, -0.1) is 0 Å². The summed E-state index contributed by atoms with van der Waals surface area (Å²) in [6.45, 7) is 0. The predicted octanol–water partition coefficient (Wildman–Crippen LogP) is 1.43. The van der Waals surface area contributed by atoms with Crippen LogP contribution in [0.15, 0.2) is 18.3 Å². The monoisotopic (exact) mass is 251 g/mol. The summed E-state index contributed by atoms with van der Waals surface area (Å²) in [4.78, 5) is 4.43. The van der Waals surface area contributed by atoms with E-state index in [-0.39, 0.29) is 17.1 Å². The highest BCUT2D eigenvalue weighted by Crippen LogP contribution is 2.23. The summed E-state index contributed by atoms with van der Waals surface area (Å²) in [5.41, 5.74) is 7.03. The minimum Gasteiger partial charge on any atom is -0.391 e. The lowest BCUT2D eigenvalue weighted by Gasteiger charge is -2.29. The van der Waals surface area contributed by atoms with Gasteiger partial charge in [0.15, 0.2) is 0 Å². The summed E-state index contributed by atoms with van der Waals surface area (Å²) in [7, 11) is 0. The summed E-state index contributed by atoms with van der Waals surface area (Å²) < 4.78 is 0. The summed E-state index contributed by atoms with van der Waals surface area (Å²) in [6, 6.07) is 3.79. The molecule has 0 spiro atoms. The predicted molar refractivity (Wildman–Crippen MR) is 72.0 cm³/mol. The Labute approximate surface area is 106 Å². The molecule has 4 N–H and O–H groups in total. The fourth-order valence-electron chi connectivity index (χ4n) is 2.20. The molecule has 17 heavy (non-hydrogen) atoms. The van der Waals surface area contributed by atoms with E-state index in [0.29, 0.717) is 5.69 Å². The molecule has 0 amide bonds. The van der Waals surface area contributed by atoms with Gasteiger partial charge < -0.3 is 16.2 Å². The SMILES string of the molecule is NC(=S)c1ncccc1NC1CCCCC1O. The molecule has 0 radical (unpaired) electrons. The van der Waals surface area contributed by atoms with E-state index in [1.807, 2.05) is 12.1 Å². The van der Waals surface area contributed by atoms with Gasteiger partial charge in [-0.05, 0) is 25.0 Å². The lowest BCUT2D eigenvalue weighted by Crippen LogP contribution is -2.37. The first-order valence-electron chi connectivity index (χ1n) is 5.88. The molecule has 1 aliphatic carbocycles. The number of hydrogen-bond acceptors (Lipinski definition) is 4. The van der Waals surface area contributed by atoms with Gasteiger partial charge in [-0.2, -0.15) is 0 Å². The summed E-state index contributed by atoms with van der Waals surface area (Å²) >= 11 is 4.96. The number of nitrogens with one attached hydrogen (secondary N) is 1. The van der Waals surface area contributed by atoms with Crippen molar-refractivity contribution in [2.45, 2.75) is 37.8 Å². The van der Waals surface area contributed by atoms with Crippen molar-refractivity contribution >= 4 is 22.9 Å². The molecule has 1 aliphatic rings. The summed E-state index contributed by atoms with van der Waals surface area (Å²) in [5, 5.41) is 13.2.